The van der Waals surface area contributed by atoms with Crippen molar-refractivity contribution < 1.29 is 64.2 Å². The van der Waals surface area contributed by atoms with Crippen LogP contribution in [0.1, 0.15) is 6.92 Å². The number of phenols is 2. The van der Waals surface area contributed by atoms with E-state index in [1.807, 2.05) is 0 Å². The molecule has 0 amide bonds. The minimum absolute atomic E-state index is 0.106. The van der Waals surface area contributed by atoms with Crippen LogP contribution in [0.25, 0.3) is 22.3 Å². The lowest BCUT2D eigenvalue weighted by Gasteiger charge is -2.45. The number of hydrogen-bond donors (Lipinski definition) is 8. The summed E-state index contributed by atoms with van der Waals surface area (Å²) in [6, 6.07) is 10.4. The molecule has 0 spiro atoms. The van der Waals surface area contributed by atoms with Crippen LogP contribution in [-0.4, -0.2) is 109 Å². The number of ether oxygens (including phenoxy) is 4. The maximum Gasteiger partial charge on any atom is 0.239 e. The molecule has 0 radical (unpaired) electrons. The summed E-state index contributed by atoms with van der Waals surface area (Å²) in [4.78, 5) is 13.5. The zero-order valence-electron chi connectivity index (χ0n) is 21.5. The van der Waals surface area contributed by atoms with E-state index in [0.29, 0.717) is 5.56 Å². The molecule has 5 rings (SSSR count). The SMILES string of the molecule is C[C@@H]1O[C@H](Oc2c(-c3ccccc3)oc3cc(O)cc(O)c3c2=O)[C@@H](O)[C@@H](O)[C@H]1O[C@H]1O[C@@H](CO)[C@H](O)[C@@H](O)[C@@H]1O. The Kier molecular flexibility index (Phi) is 8.20. The summed E-state index contributed by atoms with van der Waals surface area (Å²) >= 11 is 0. The Bertz CT molecular complexity index is 1430. The highest BCUT2D eigenvalue weighted by molar-refractivity contribution is 5.88. The molecule has 0 saturated carbocycles. The van der Waals surface area contributed by atoms with Crippen molar-refractivity contribution in [3.63, 3.8) is 0 Å². The topological polar surface area (TPSA) is 229 Å². The molecule has 0 bridgehead atoms. The van der Waals surface area contributed by atoms with E-state index in [9.17, 15) is 45.6 Å². The van der Waals surface area contributed by atoms with Gasteiger partial charge < -0.3 is 64.2 Å². The van der Waals surface area contributed by atoms with Gasteiger partial charge in [0.2, 0.25) is 17.5 Å². The van der Waals surface area contributed by atoms with Gasteiger partial charge in [0.1, 0.15) is 65.2 Å². The highest BCUT2D eigenvalue weighted by Gasteiger charge is 2.50. The second kappa shape index (κ2) is 11.5. The number of phenolic OH excluding ortho intramolecular Hbond substituents is 2. The summed E-state index contributed by atoms with van der Waals surface area (Å²) in [6.45, 7) is 0.742. The van der Waals surface area contributed by atoms with Gasteiger partial charge in [0.25, 0.3) is 0 Å². The van der Waals surface area contributed by atoms with E-state index < -0.39 is 84.9 Å². The highest BCUT2D eigenvalue weighted by atomic mass is 16.7. The second-order valence-corrected chi connectivity index (χ2v) is 9.90. The molecular weight excluding hydrogens is 548 g/mol. The molecule has 14 heteroatoms. The number of aromatic hydroxyl groups is 2. The molecule has 2 aliphatic heterocycles. The van der Waals surface area contributed by atoms with Crippen LogP contribution in [0.2, 0.25) is 0 Å². The van der Waals surface area contributed by atoms with Crippen LogP contribution in [-0.2, 0) is 14.2 Å². The average Bonchev–Trinajstić information content (AvgIpc) is 2.95. The molecule has 2 aromatic carbocycles. The summed E-state index contributed by atoms with van der Waals surface area (Å²) < 4.78 is 28.3. The van der Waals surface area contributed by atoms with E-state index in [1.165, 1.54) is 6.92 Å². The number of aliphatic hydroxyl groups excluding tert-OH is 6. The van der Waals surface area contributed by atoms with Crippen molar-refractivity contribution in [2.75, 3.05) is 6.61 Å². The first-order valence-electron chi connectivity index (χ1n) is 12.7. The van der Waals surface area contributed by atoms with Gasteiger partial charge in [-0.25, -0.2) is 0 Å². The molecule has 0 unspecified atom stereocenters. The minimum Gasteiger partial charge on any atom is -0.508 e. The molecule has 3 aromatic rings. The van der Waals surface area contributed by atoms with Gasteiger partial charge in [-0.05, 0) is 6.92 Å². The molecule has 8 N–H and O–H groups in total. The zero-order valence-corrected chi connectivity index (χ0v) is 21.5. The van der Waals surface area contributed by atoms with Crippen molar-refractivity contribution in [3.05, 3.63) is 52.7 Å². The molecule has 0 aliphatic carbocycles. The van der Waals surface area contributed by atoms with Gasteiger partial charge in [-0.2, -0.15) is 0 Å². The molecule has 222 valence electrons. The van der Waals surface area contributed by atoms with Crippen molar-refractivity contribution in [1.29, 1.82) is 0 Å². The number of hydrogen-bond acceptors (Lipinski definition) is 14. The first kappa shape index (κ1) is 29.2. The van der Waals surface area contributed by atoms with Crippen molar-refractivity contribution in [2.24, 2.45) is 0 Å². The van der Waals surface area contributed by atoms with E-state index >= 15 is 0 Å². The van der Waals surface area contributed by atoms with E-state index in [0.717, 1.165) is 12.1 Å². The van der Waals surface area contributed by atoms with Crippen LogP contribution in [0.4, 0.5) is 0 Å². The average molecular weight is 579 g/mol. The van der Waals surface area contributed by atoms with Crippen molar-refractivity contribution in [2.45, 2.75) is 68.3 Å². The van der Waals surface area contributed by atoms with E-state index in [2.05, 4.69) is 0 Å². The van der Waals surface area contributed by atoms with Gasteiger partial charge in [-0.1, -0.05) is 30.3 Å². The van der Waals surface area contributed by atoms with Crippen LogP contribution < -0.4 is 10.2 Å². The standard InChI is InChI=1S/C27H30O14/c1-10-23(40-27-21(35)19(33)17(31)15(9-28)39-27)20(34)22(36)26(37-10)41-25-18(32)16-13(30)7-12(29)8-14(16)38-24(25)11-5-3-2-4-6-11/h2-8,10,15,17,19-23,26-31,33-36H,9H2,1H3/t10-,15-,17-,19+,20+,21-,22-,23-,26+,27+/m0/s1. The second-order valence-electron chi connectivity index (χ2n) is 9.90. The van der Waals surface area contributed by atoms with Crippen LogP contribution in [0.15, 0.2) is 51.7 Å². The lowest BCUT2D eigenvalue weighted by molar-refractivity contribution is -0.348. The van der Waals surface area contributed by atoms with Gasteiger partial charge in [0.05, 0.1) is 12.7 Å². The lowest BCUT2D eigenvalue weighted by atomic mass is 9.97. The normalized spacial score (nSPS) is 34.0. The highest BCUT2D eigenvalue weighted by Crippen LogP contribution is 2.37. The van der Waals surface area contributed by atoms with Crippen molar-refractivity contribution in [3.8, 4) is 28.6 Å². The molecule has 14 nitrogen and oxygen atoms in total. The molecule has 2 aliphatic rings. The molecular formula is C27H30O14. The van der Waals surface area contributed by atoms with Crippen LogP contribution in [0.3, 0.4) is 0 Å². The predicted octanol–water partition coefficient (Wildman–Crippen LogP) is -1.10. The number of benzene rings is 2. The third-order valence-corrected chi connectivity index (χ3v) is 7.10. The first-order chi connectivity index (χ1) is 19.5. The predicted molar refractivity (Wildman–Crippen MR) is 137 cm³/mol. The Labute approximate surface area is 231 Å². The number of aliphatic hydroxyl groups is 6. The summed E-state index contributed by atoms with van der Waals surface area (Å²) in [6.07, 6.45) is -15.7. The fraction of sp³-hybridized carbons (Fsp3) is 0.444. The number of fused-ring (bicyclic) bond motifs is 1. The van der Waals surface area contributed by atoms with E-state index in [-0.39, 0.29) is 22.5 Å². The van der Waals surface area contributed by atoms with Crippen LogP contribution >= 0.6 is 0 Å². The van der Waals surface area contributed by atoms with Crippen LogP contribution in [0, 0.1) is 0 Å². The van der Waals surface area contributed by atoms with E-state index in [1.54, 1.807) is 30.3 Å². The van der Waals surface area contributed by atoms with E-state index in [4.69, 9.17) is 23.4 Å². The van der Waals surface area contributed by atoms with Gasteiger partial charge in [0.15, 0.2) is 12.1 Å². The number of rotatable bonds is 6. The van der Waals surface area contributed by atoms with Gasteiger partial charge in [-0.3, -0.25) is 4.79 Å². The largest absolute Gasteiger partial charge is 0.508 e. The summed E-state index contributed by atoms with van der Waals surface area (Å²) in [5.74, 6) is -1.49. The smallest absolute Gasteiger partial charge is 0.239 e. The Morgan fingerprint density at radius 2 is 1.54 bits per heavy atom. The third-order valence-electron chi connectivity index (χ3n) is 7.10. The Morgan fingerprint density at radius 1 is 0.854 bits per heavy atom. The molecule has 1 aromatic heterocycles. The van der Waals surface area contributed by atoms with Crippen LogP contribution in [0.5, 0.6) is 17.2 Å². The van der Waals surface area contributed by atoms with Gasteiger partial charge in [0, 0.05) is 17.7 Å². The Hall–Kier alpha value is -3.31. The monoisotopic (exact) mass is 578 g/mol. The summed E-state index contributed by atoms with van der Waals surface area (Å²) in [5.41, 5.74) is -0.600. The first-order valence-corrected chi connectivity index (χ1v) is 12.7. The molecule has 2 saturated heterocycles. The molecule has 41 heavy (non-hydrogen) atoms. The lowest BCUT2D eigenvalue weighted by Crippen LogP contribution is -2.64. The maximum atomic E-state index is 13.5. The Balaban J connectivity index is 1.44. The summed E-state index contributed by atoms with van der Waals surface area (Å²) in [5, 5.41) is 81.5. The fourth-order valence-corrected chi connectivity index (χ4v) is 4.90. The van der Waals surface area contributed by atoms with Gasteiger partial charge >= 0.3 is 0 Å². The van der Waals surface area contributed by atoms with Crippen molar-refractivity contribution in [1.82, 2.24) is 0 Å². The molecule has 10 atom stereocenters. The maximum absolute atomic E-state index is 13.5. The third kappa shape index (κ3) is 5.37. The Morgan fingerprint density at radius 3 is 2.22 bits per heavy atom. The molecule has 2 fully saturated rings. The molecule has 3 heterocycles. The fourth-order valence-electron chi connectivity index (χ4n) is 4.90. The van der Waals surface area contributed by atoms with Crippen molar-refractivity contribution >= 4 is 11.0 Å². The van der Waals surface area contributed by atoms with Gasteiger partial charge in [-0.15, -0.1) is 0 Å². The quantitative estimate of drug-likeness (QED) is 0.174. The zero-order chi connectivity index (χ0) is 29.6. The summed E-state index contributed by atoms with van der Waals surface area (Å²) in [7, 11) is 0. The minimum atomic E-state index is -1.84.